The van der Waals surface area contributed by atoms with Gasteiger partial charge in [-0.05, 0) is 93.8 Å². The fourth-order valence-corrected chi connectivity index (χ4v) is 8.43. The first-order valence-corrected chi connectivity index (χ1v) is 12.1. The minimum absolute atomic E-state index is 0.0589. The van der Waals surface area contributed by atoms with E-state index in [1.165, 1.54) is 57.8 Å². The molecule has 3 nitrogen and oxygen atoms in total. The first-order chi connectivity index (χ1) is 13.5. The van der Waals surface area contributed by atoms with Crippen LogP contribution in [0.5, 0.6) is 0 Å². The van der Waals surface area contributed by atoms with E-state index in [2.05, 4.69) is 19.9 Å². The minimum Gasteiger partial charge on any atom is -0.369 e. The Labute approximate surface area is 170 Å². The van der Waals surface area contributed by atoms with E-state index in [1.807, 2.05) is 0 Å². The normalized spacial score (nSPS) is 55.2. The third-order valence-electron chi connectivity index (χ3n) is 10.3. The molecule has 0 amide bonds. The monoisotopic (exact) mass is 386 g/mol. The van der Waals surface area contributed by atoms with Crippen LogP contribution in [0.1, 0.15) is 84.5 Å². The van der Waals surface area contributed by atoms with E-state index in [9.17, 15) is 0 Å². The molecule has 4 aliphatic carbocycles. The second-order valence-electron chi connectivity index (χ2n) is 11.3. The van der Waals surface area contributed by atoms with Gasteiger partial charge in [0.25, 0.3) is 0 Å². The molecule has 3 heteroatoms. The molecule has 5 fully saturated rings. The molecule has 6 aliphatic rings. The standard InChI is InChI=1S/C25H38O3/c1-23-11-8-18(28-22-5-3-4-14-26-22)15-17(23)6-7-19-20(23)9-12-24(2)21(19)10-13-25(24)16-27-25/h6,18-22H,3-5,7-16H2,1-2H3/t18?,19?,20?,21?,22?,23-,24-,25+/m0/s1. The topological polar surface area (TPSA) is 31.0 Å². The number of allylic oxidation sites excluding steroid dienone is 1. The Morgan fingerprint density at radius 3 is 2.64 bits per heavy atom. The molecule has 0 bridgehead atoms. The van der Waals surface area contributed by atoms with Crippen LogP contribution in [0.2, 0.25) is 0 Å². The molecule has 1 spiro atoms. The Morgan fingerprint density at radius 2 is 1.86 bits per heavy atom. The van der Waals surface area contributed by atoms with Crippen molar-refractivity contribution < 1.29 is 14.2 Å². The summed E-state index contributed by atoms with van der Waals surface area (Å²) in [6.07, 6.45) is 17.1. The lowest BCUT2D eigenvalue weighted by atomic mass is 9.47. The summed E-state index contributed by atoms with van der Waals surface area (Å²) in [6.45, 7) is 7.10. The lowest BCUT2D eigenvalue weighted by Gasteiger charge is -2.58. The largest absolute Gasteiger partial charge is 0.369 e. The predicted octanol–water partition coefficient (Wildman–Crippen LogP) is 5.63. The maximum Gasteiger partial charge on any atom is 0.157 e. The Bertz CT molecular complexity index is 661. The van der Waals surface area contributed by atoms with Crippen molar-refractivity contribution in [3.8, 4) is 0 Å². The van der Waals surface area contributed by atoms with Crippen molar-refractivity contribution in [2.75, 3.05) is 13.2 Å². The molecule has 6 rings (SSSR count). The van der Waals surface area contributed by atoms with Crippen molar-refractivity contribution in [3.05, 3.63) is 11.6 Å². The van der Waals surface area contributed by atoms with Gasteiger partial charge in [0.2, 0.25) is 0 Å². The molecule has 0 aromatic carbocycles. The van der Waals surface area contributed by atoms with Crippen LogP contribution in [0, 0.1) is 28.6 Å². The summed E-state index contributed by atoms with van der Waals surface area (Å²) in [5, 5.41) is 0. The summed E-state index contributed by atoms with van der Waals surface area (Å²) in [5.74, 6) is 2.65. The van der Waals surface area contributed by atoms with Gasteiger partial charge in [-0.2, -0.15) is 0 Å². The van der Waals surface area contributed by atoms with Gasteiger partial charge in [-0.1, -0.05) is 25.5 Å². The molecule has 3 saturated carbocycles. The lowest BCUT2D eigenvalue weighted by Crippen LogP contribution is -2.52. The van der Waals surface area contributed by atoms with Crippen LogP contribution in [0.3, 0.4) is 0 Å². The van der Waals surface area contributed by atoms with Crippen LogP contribution in [-0.2, 0) is 14.2 Å². The molecule has 2 saturated heterocycles. The van der Waals surface area contributed by atoms with Crippen LogP contribution in [0.25, 0.3) is 0 Å². The summed E-state index contributed by atoms with van der Waals surface area (Å²) >= 11 is 0. The smallest absolute Gasteiger partial charge is 0.157 e. The van der Waals surface area contributed by atoms with Gasteiger partial charge in [0, 0.05) is 12.0 Å². The predicted molar refractivity (Wildman–Crippen MR) is 109 cm³/mol. The fourth-order valence-electron chi connectivity index (χ4n) is 8.43. The quantitative estimate of drug-likeness (QED) is 0.455. The number of hydrogen-bond acceptors (Lipinski definition) is 3. The highest BCUT2D eigenvalue weighted by atomic mass is 16.7. The van der Waals surface area contributed by atoms with Gasteiger partial charge in [0.05, 0.1) is 18.3 Å². The number of fused-ring (bicyclic) bond motifs is 6. The van der Waals surface area contributed by atoms with Crippen LogP contribution < -0.4 is 0 Å². The van der Waals surface area contributed by atoms with Gasteiger partial charge in [-0.3, -0.25) is 0 Å². The second-order valence-corrected chi connectivity index (χ2v) is 11.3. The molecule has 28 heavy (non-hydrogen) atoms. The Morgan fingerprint density at radius 1 is 1.00 bits per heavy atom. The van der Waals surface area contributed by atoms with Crippen LogP contribution in [0.4, 0.5) is 0 Å². The zero-order chi connectivity index (χ0) is 19.0. The second kappa shape index (κ2) is 6.31. The molecule has 5 unspecified atom stereocenters. The molecular formula is C25H38O3. The number of epoxide rings is 1. The zero-order valence-corrected chi connectivity index (χ0v) is 17.9. The third kappa shape index (κ3) is 2.51. The summed E-state index contributed by atoms with van der Waals surface area (Å²) in [4.78, 5) is 0. The summed E-state index contributed by atoms with van der Waals surface area (Å²) in [6, 6.07) is 0. The average molecular weight is 387 g/mol. The molecule has 8 atom stereocenters. The highest BCUT2D eigenvalue weighted by molar-refractivity contribution is 5.27. The number of rotatable bonds is 2. The summed E-state index contributed by atoms with van der Waals surface area (Å²) in [5.41, 5.74) is 2.87. The average Bonchev–Trinajstić information content (AvgIpc) is 3.43. The Balaban J connectivity index is 1.20. The zero-order valence-electron chi connectivity index (χ0n) is 17.9. The molecule has 0 aromatic heterocycles. The van der Waals surface area contributed by atoms with Crippen molar-refractivity contribution in [2.45, 2.75) is 102 Å². The lowest BCUT2D eigenvalue weighted by molar-refractivity contribution is -0.195. The van der Waals surface area contributed by atoms with Gasteiger partial charge < -0.3 is 14.2 Å². The third-order valence-corrected chi connectivity index (χ3v) is 10.3. The molecular weight excluding hydrogens is 348 g/mol. The van der Waals surface area contributed by atoms with E-state index >= 15 is 0 Å². The van der Waals surface area contributed by atoms with Crippen LogP contribution in [0.15, 0.2) is 11.6 Å². The minimum atomic E-state index is 0.0589. The van der Waals surface area contributed by atoms with E-state index < -0.39 is 0 Å². The van der Waals surface area contributed by atoms with E-state index in [0.717, 1.165) is 43.8 Å². The highest BCUT2D eigenvalue weighted by Gasteiger charge is 2.69. The van der Waals surface area contributed by atoms with Crippen molar-refractivity contribution >= 4 is 0 Å². The first kappa shape index (κ1) is 18.4. The number of hydrogen-bond donors (Lipinski definition) is 0. The van der Waals surface area contributed by atoms with E-state index in [-0.39, 0.29) is 11.9 Å². The highest BCUT2D eigenvalue weighted by Crippen LogP contribution is 2.70. The van der Waals surface area contributed by atoms with Crippen molar-refractivity contribution in [2.24, 2.45) is 28.6 Å². The molecule has 2 aliphatic heterocycles. The van der Waals surface area contributed by atoms with Crippen molar-refractivity contribution in [1.29, 1.82) is 0 Å². The summed E-state index contributed by atoms with van der Waals surface area (Å²) < 4.78 is 18.3. The maximum absolute atomic E-state index is 6.40. The van der Waals surface area contributed by atoms with Crippen LogP contribution in [-0.4, -0.2) is 31.2 Å². The molecule has 0 radical (unpaired) electrons. The van der Waals surface area contributed by atoms with Gasteiger partial charge in [-0.15, -0.1) is 0 Å². The molecule has 156 valence electrons. The van der Waals surface area contributed by atoms with E-state index in [0.29, 0.717) is 16.9 Å². The van der Waals surface area contributed by atoms with E-state index in [1.54, 1.807) is 5.57 Å². The SMILES string of the molecule is C[C@]12CCC(OC3CCCCO3)CC1=CCC1C2CC[C@@]2(C)C1CC[C@@]21CO1. The van der Waals surface area contributed by atoms with Gasteiger partial charge >= 0.3 is 0 Å². The molecule has 0 N–H and O–H groups in total. The maximum atomic E-state index is 6.40. The first-order valence-electron chi connectivity index (χ1n) is 12.1. The molecule has 0 aromatic rings. The van der Waals surface area contributed by atoms with E-state index in [4.69, 9.17) is 14.2 Å². The van der Waals surface area contributed by atoms with Gasteiger partial charge in [0.15, 0.2) is 6.29 Å². The van der Waals surface area contributed by atoms with Crippen molar-refractivity contribution in [1.82, 2.24) is 0 Å². The molecule has 2 heterocycles. The van der Waals surface area contributed by atoms with Gasteiger partial charge in [-0.25, -0.2) is 0 Å². The van der Waals surface area contributed by atoms with Gasteiger partial charge in [0.1, 0.15) is 0 Å². The Hall–Kier alpha value is -0.380. The summed E-state index contributed by atoms with van der Waals surface area (Å²) in [7, 11) is 0. The van der Waals surface area contributed by atoms with Crippen molar-refractivity contribution in [3.63, 3.8) is 0 Å². The number of ether oxygens (including phenoxy) is 3. The fraction of sp³-hybridized carbons (Fsp3) is 0.920. The van der Waals surface area contributed by atoms with Crippen LogP contribution >= 0.6 is 0 Å². The Kier molecular flexibility index (Phi) is 4.15.